The van der Waals surface area contributed by atoms with E-state index in [1.54, 1.807) is 43.9 Å². The summed E-state index contributed by atoms with van der Waals surface area (Å²) in [6.07, 6.45) is 1.76. The SMILES string of the molecule is CCOC(=O)C1=C(c2ccccc2)N=c2s/c(=C\c3ccc(OC(C)C)c(OC)c3)c(=O)n2[C@@H]1c1ccc(OC)c(OC)c1. The van der Waals surface area contributed by atoms with Crippen molar-refractivity contribution in [3.63, 3.8) is 0 Å². The lowest BCUT2D eigenvalue weighted by molar-refractivity contribution is -0.138. The molecule has 1 aliphatic heterocycles. The fourth-order valence-electron chi connectivity index (χ4n) is 5.06. The second-order valence-corrected chi connectivity index (χ2v) is 11.1. The Morgan fingerprint density at radius 2 is 1.61 bits per heavy atom. The smallest absolute Gasteiger partial charge is 0.338 e. The third kappa shape index (κ3) is 5.98. The lowest BCUT2D eigenvalue weighted by Crippen LogP contribution is -2.40. The van der Waals surface area contributed by atoms with Crippen LogP contribution in [0.15, 0.2) is 82.1 Å². The van der Waals surface area contributed by atoms with Crippen LogP contribution in [0.4, 0.5) is 0 Å². The van der Waals surface area contributed by atoms with Crippen molar-refractivity contribution in [2.75, 3.05) is 27.9 Å². The highest BCUT2D eigenvalue weighted by Gasteiger charge is 2.35. The van der Waals surface area contributed by atoms with Crippen LogP contribution < -0.4 is 33.8 Å². The number of nitrogens with zero attached hydrogens (tertiary/aromatic N) is 2. The predicted octanol–water partition coefficient (Wildman–Crippen LogP) is 4.75. The summed E-state index contributed by atoms with van der Waals surface area (Å²) in [4.78, 5) is 33.2. The fraction of sp³-hybridized carbons (Fsp3) is 0.265. The van der Waals surface area contributed by atoms with Crippen molar-refractivity contribution in [3.8, 4) is 23.0 Å². The van der Waals surface area contributed by atoms with Crippen LogP contribution in [0.2, 0.25) is 0 Å². The van der Waals surface area contributed by atoms with Gasteiger partial charge in [0.25, 0.3) is 5.56 Å². The third-order valence-electron chi connectivity index (χ3n) is 6.95. The number of hydrogen-bond acceptors (Lipinski definition) is 9. The number of methoxy groups -OCH3 is 3. The molecule has 1 atom stereocenters. The van der Waals surface area contributed by atoms with E-state index in [0.717, 1.165) is 11.1 Å². The Bertz CT molecular complexity index is 1890. The number of aromatic nitrogens is 1. The molecule has 0 aliphatic carbocycles. The highest BCUT2D eigenvalue weighted by atomic mass is 32.1. The standard InChI is InChI=1S/C34H34N2O7S/c1-7-42-33(38)29-30(22-11-9-8-10-12-22)35-34-36(31(29)23-14-16-24(39-4)27(19-23)41-6)32(37)28(44-34)18-21-13-15-25(43-20(2)3)26(17-21)40-5/h8-20,31H,7H2,1-6H3/b28-18-/t31-/m1/s1. The Morgan fingerprint density at radius 1 is 0.932 bits per heavy atom. The minimum absolute atomic E-state index is 0.0255. The van der Waals surface area contributed by atoms with Crippen LogP contribution >= 0.6 is 11.3 Å². The maximum absolute atomic E-state index is 14.2. The molecule has 0 saturated heterocycles. The van der Waals surface area contributed by atoms with Crippen molar-refractivity contribution in [3.05, 3.63) is 109 Å². The van der Waals surface area contributed by atoms with Gasteiger partial charge in [-0.25, -0.2) is 9.79 Å². The van der Waals surface area contributed by atoms with Gasteiger partial charge in [-0.2, -0.15) is 0 Å². The largest absolute Gasteiger partial charge is 0.493 e. The van der Waals surface area contributed by atoms with E-state index < -0.39 is 12.0 Å². The molecule has 0 unspecified atom stereocenters. The van der Waals surface area contributed by atoms with Crippen molar-refractivity contribution in [1.29, 1.82) is 0 Å². The summed E-state index contributed by atoms with van der Waals surface area (Å²) in [6, 6.07) is 19.4. The van der Waals surface area contributed by atoms with Crippen molar-refractivity contribution < 1.29 is 28.5 Å². The van der Waals surface area contributed by atoms with Crippen LogP contribution in [0, 0.1) is 0 Å². The van der Waals surface area contributed by atoms with E-state index in [0.29, 0.717) is 43.6 Å². The second kappa shape index (κ2) is 13.2. The fourth-order valence-corrected chi connectivity index (χ4v) is 6.06. The Hall–Kier alpha value is -4.83. The number of rotatable bonds is 10. The zero-order valence-electron chi connectivity index (χ0n) is 25.5. The lowest BCUT2D eigenvalue weighted by atomic mass is 9.93. The van der Waals surface area contributed by atoms with Crippen LogP contribution in [0.5, 0.6) is 23.0 Å². The first-order valence-electron chi connectivity index (χ1n) is 14.1. The number of esters is 1. The molecule has 0 amide bonds. The van der Waals surface area contributed by atoms with E-state index in [1.165, 1.54) is 18.4 Å². The first-order chi connectivity index (χ1) is 21.3. The zero-order chi connectivity index (χ0) is 31.4. The molecule has 1 aromatic heterocycles. The molecule has 44 heavy (non-hydrogen) atoms. The summed E-state index contributed by atoms with van der Waals surface area (Å²) in [5, 5.41) is 0. The summed E-state index contributed by atoms with van der Waals surface area (Å²) in [7, 11) is 4.66. The van der Waals surface area contributed by atoms with Gasteiger partial charge in [0.2, 0.25) is 0 Å². The zero-order valence-corrected chi connectivity index (χ0v) is 26.3. The summed E-state index contributed by atoms with van der Waals surface area (Å²) < 4.78 is 30.0. The molecule has 10 heteroatoms. The topological polar surface area (TPSA) is 97.6 Å². The van der Waals surface area contributed by atoms with Gasteiger partial charge >= 0.3 is 5.97 Å². The average Bonchev–Trinajstić information content (AvgIpc) is 3.34. The molecule has 0 bridgehead atoms. The van der Waals surface area contributed by atoms with Gasteiger partial charge < -0.3 is 23.7 Å². The maximum Gasteiger partial charge on any atom is 0.338 e. The van der Waals surface area contributed by atoms with Gasteiger partial charge in [-0.05, 0) is 62.2 Å². The maximum atomic E-state index is 14.2. The lowest BCUT2D eigenvalue weighted by Gasteiger charge is -2.26. The Morgan fingerprint density at radius 3 is 2.27 bits per heavy atom. The monoisotopic (exact) mass is 614 g/mol. The molecule has 0 fully saturated rings. The molecule has 1 aliphatic rings. The van der Waals surface area contributed by atoms with Gasteiger partial charge in [0.15, 0.2) is 27.8 Å². The Labute approximate surface area is 259 Å². The highest BCUT2D eigenvalue weighted by Crippen LogP contribution is 2.38. The number of hydrogen-bond donors (Lipinski definition) is 0. The van der Waals surface area contributed by atoms with Crippen molar-refractivity contribution >= 4 is 29.1 Å². The minimum atomic E-state index is -0.848. The van der Waals surface area contributed by atoms with Gasteiger partial charge in [0.1, 0.15) is 0 Å². The van der Waals surface area contributed by atoms with E-state index in [9.17, 15) is 9.59 Å². The van der Waals surface area contributed by atoms with E-state index >= 15 is 0 Å². The molecule has 0 radical (unpaired) electrons. The van der Waals surface area contributed by atoms with Crippen molar-refractivity contribution in [2.24, 2.45) is 4.99 Å². The summed E-state index contributed by atoms with van der Waals surface area (Å²) >= 11 is 1.24. The van der Waals surface area contributed by atoms with Gasteiger partial charge in [0, 0.05) is 5.56 Å². The van der Waals surface area contributed by atoms with Gasteiger partial charge in [-0.3, -0.25) is 9.36 Å². The molecule has 5 rings (SSSR count). The van der Waals surface area contributed by atoms with E-state index in [4.69, 9.17) is 28.7 Å². The molecular weight excluding hydrogens is 580 g/mol. The summed E-state index contributed by atoms with van der Waals surface area (Å²) in [5.41, 5.74) is 2.50. The molecule has 0 saturated carbocycles. The number of benzene rings is 3. The molecule has 9 nitrogen and oxygen atoms in total. The number of thiazole rings is 1. The number of carbonyl (C=O) groups is 1. The normalized spacial score (nSPS) is 14.6. The average molecular weight is 615 g/mol. The number of fused-ring (bicyclic) bond motifs is 1. The summed E-state index contributed by atoms with van der Waals surface area (Å²) in [6.45, 7) is 5.78. The van der Waals surface area contributed by atoms with Crippen LogP contribution in [0.25, 0.3) is 11.8 Å². The molecule has 4 aromatic rings. The van der Waals surface area contributed by atoms with Crippen LogP contribution in [-0.2, 0) is 9.53 Å². The minimum Gasteiger partial charge on any atom is -0.493 e. The van der Waals surface area contributed by atoms with Gasteiger partial charge in [-0.1, -0.05) is 53.8 Å². The summed E-state index contributed by atoms with van der Waals surface area (Å²) in [5.74, 6) is 1.59. The third-order valence-corrected chi connectivity index (χ3v) is 7.93. The molecule has 228 valence electrons. The quantitative estimate of drug-likeness (QED) is 0.238. The molecular formula is C34H34N2O7S. The van der Waals surface area contributed by atoms with Gasteiger partial charge in [-0.15, -0.1) is 0 Å². The van der Waals surface area contributed by atoms with E-state index in [1.807, 2.05) is 68.4 Å². The van der Waals surface area contributed by atoms with Crippen LogP contribution in [-0.4, -0.2) is 44.6 Å². The Kier molecular flexibility index (Phi) is 9.20. The molecule has 0 spiro atoms. The number of carbonyl (C=O) groups excluding carboxylic acids is 1. The van der Waals surface area contributed by atoms with Crippen molar-refractivity contribution in [2.45, 2.75) is 32.9 Å². The van der Waals surface area contributed by atoms with Crippen LogP contribution in [0.3, 0.4) is 0 Å². The first-order valence-corrected chi connectivity index (χ1v) is 15.0. The van der Waals surface area contributed by atoms with Crippen LogP contribution in [0.1, 0.15) is 43.5 Å². The predicted molar refractivity (Wildman–Crippen MR) is 169 cm³/mol. The van der Waals surface area contributed by atoms with E-state index in [-0.39, 0.29) is 23.8 Å². The Balaban J connectivity index is 1.78. The molecule has 2 heterocycles. The first kappa shape index (κ1) is 30.6. The molecule has 3 aromatic carbocycles. The molecule has 0 N–H and O–H groups in total. The second-order valence-electron chi connectivity index (χ2n) is 10.1. The van der Waals surface area contributed by atoms with Gasteiger partial charge in [0.05, 0.1) is 55.9 Å². The number of ether oxygens (including phenoxy) is 5. The highest BCUT2D eigenvalue weighted by molar-refractivity contribution is 7.07. The van der Waals surface area contributed by atoms with Crippen molar-refractivity contribution in [1.82, 2.24) is 4.57 Å². The van der Waals surface area contributed by atoms with E-state index in [2.05, 4.69) is 0 Å².